The van der Waals surface area contributed by atoms with Crippen LogP contribution in [0.15, 0.2) is 4.99 Å². The highest BCUT2D eigenvalue weighted by Gasteiger charge is 2.27. The topological polar surface area (TPSA) is 92.3 Å². The Morgan fingerprint density at radius 1 is 1.35 bits per heavy atom. The molecular formula is C16H33IN4O4S. The van der Waals surface area contributed by atoms with Crippen LogP contribution in [0, 0.1) is 0 Å². The molecule has 154 valence electrons. The van der Waals surface area contributed by atoms with Crippen LogP contribution in [0.5, 0.6) is 0 Å². The summed E-state index contributed by atoms with van der Waals surface area (Å²) in [4.78, 5) is 4.50. The zero-order chi connectivity index (χ0) is 18.0. The molecule has 26 heavy (non-hydrogen) atoms. The Balaban J connectivity index is 0.00000338. The van der Waals surface area contributed by atoms with E-state index in [9.17, 15) is 8.42 Å². The van der Waals surface area contributed by atoms with Crippen molar-refractivity contribution in [1.29, 1.82) is 0 Å². The van der Waals surface area contributed by atoms with Gasteiger partial charge in [-0.1, -0.05) is 0 Å². The van der Waals surface area contributed by atoms with Crippen molar-refractivity contribution < 1.29 is 17.9 Å². The maximum atomic E-state index is 11.8. The molecule has 2 N–H and O–H groups in total. The summed E-state index contributed by atoms with van der Waals surface area (Å²) in [6.07, 6.45) is 4.07. The van der Waals surface area contributed by atoms with Gasteiger partial charge in [-0.2, -0.15) is 0 Å². The van der Waals surface area contributed by atoms with E-state index in [0.717, 1.165) is 44.8 Å². The van der Waals surface area contributed by atoms with Gasteiger partial charge in [-0.25, -0.2) is 12.7 Å². The van der Waals surface area contributed by atoms with E-state index in [1.54, 1.807) is 4.31 Å². The Bertz CT molecular complexity index is 512. The molecule has 1 unspecified atom stereocenters. The maximum absolute atomic E-state index is 11.8. The molecule has 0 aliphatic carbocycles. The van der Waals surface area contributed by atoms with Crippen LogP contribution in [0.3, 0.4) is 0 Å². The molecule has 0 saturated carbocycles. The molecule has 2 fully saturated rings. The summed E-state index contributed by atoms with van der Waals surface area (Å²) in [7, 11) is -3.03. The first-order valence-electron chi connectivity index (χ1n) is 9.31. The lowest BCUT2D eigenvalue weighted by molar-refractivity contribution is 0.0171. The molecule has 0 bridgehead atoms. The van der Waals surface area contributed by atoms with Crippen molar-refractivity contribution in [1.82, 2.24) is 14.9 Å². The predicted octanol–water partition coefficient (Wildman–Crippen LogP) is 0.781. The monoisotopic (exact) mass is 504 g/mol. The average Bonchev–Trinajstić information content (AvgIpc) is 3.20. The lowest BCUT2D eigenvalue weighted by atomic mass is 10.2. The van der Waals surface area contributed by atoms with E-state index in [4.69, 9.17) is 9.47 Å². The molecule has 8 nitrogen and oxygen atoms in total. The first-order valence-corrected chi connectivity index (χ1v) is 10.9. The van der Waals surface area contributed by atoms with Crippen molar-refractivity contribution in [3.8, 4) is 0 Å². The Labute approximate surface area is 174 Å². The third-order valence-electron chi connectivity index (χ3n) is 4.25. The Morgan fingerprint density at radius 3 is 2.85 bits per heavy atom. The van der Waals surface area contributed by atoms with Crippen molar-refractivity contribution in [3.63, 3.8) is 0 Å². The summed E-state index contributed by atoms with van der Waals surface area (Å²) in [5, 5.41) is 6.37. The summed E-state index contributed by atoms with van der Waals surface area (Å²) in [5.41, 5.74) is 0. The summed E-state index contributed by atoms with van der Waals surface area (Å²) < 4.78 is 36.2. The van der Waals surface area contributed by atoms with E-state index >= 15 is 0 Å². The third-order valence-corrected chi connectivity index (χ3v) is 6.20. The van der Waals surface area contributed by atoms with Gasteiger partial charge in [0.1, 0.15) is 0 Å². The zero-order valence-electron chi connectivity index (χ0n) is 15.6. The first kappa shape index (κ1) is 23.9. The second-order valence-electron chi connectivity index (χ2n) is 6.32. The van der Waals surface area contributed by atoms with Gasteiger partial charge in [0.05, 0.1) is 18.5 Å². The molecule has 10 heteroatoms. The van der Waals surface area contributed by atoms with E-state index in [-0.39, 0.29) is 35.8 Å². The Hall–Kier alpha value is -0.170. The normalized spacial score (nSPS) is 23.0. The minimum atomic E-state index is -3.03. The first-order chi connectivity index (χ1) is 12.1. The number of nitrogens with one attached hydrogen (secondary N) is 2. The molecule has 0 aromatic heterocycles. The van der Waals surface area contributed by atoms with Crippen molar-refractivity contribution in [2.24, 2.45) is 4.99 Å². The SMILES string of the molecule is CCNC(=NCCCOCC1CCCO1)NCCN1CCCS1(=O)=O.I. The van der Waals surface area contributed by atoms with E-state index in [1.165, 1.54) is 0 Å². The van der Waals surface area contributed by atoms with Gasteiger partial charge in [-0.3, -0.25) is 4.99 Å². The Morgan fingerprint density at radius 2 is 2.19 bits per heavy atom. The number of sulfonamides is 1. The van der Waals surface area contributed by atoms with Gasteiger partial charge in [0.2, 0.25) is 10.0 Å². The predicted molar refractivity (Wildman–Crippen MR) is 114 cm³/mol. The largest absolute Gasteiger partial charge is 0.379 e. The van der Waals surface area contributed by atoms with Crippen molar-refractivity contribution in [2.45, 2.75) is 38.7 Å². The van der Waals surface area contributed by atoms with E-state index in [2.05, 4.69) is 15.6 Å². The molecule has 2 aliphatic rings. The molecule has 2 aliphatic heterocycles. The average molecular weight is 504 g/mol. The maximum Gasteiger partial charge on any atom is 0.214 e. The molecule has 0 amide bonds. The van der Waals surface area contributed by atoms with Gasteiger partial charge in [0, 0.05) is 45.9 Å². The van der Waals surface area contributed by atoms with Crippen LogP contribution >= 0.6 is 24.0 Å². The van der Waals surface area contributed by atoms with Crippen molar-refractivity contribution in [2.75, 3.05) is 58.3 Å². The van der Waals surface area contributed by atoms with Crippen molar-refractivity contribution in [3.05, 3.63) is 0 Å². The third kappa shape index (κ3) is 8.68. The van der Waals surface area contributed by atoms with E-state index in [0.29, 0.717) is 39.4 Å². The molecule has 0 aromatic rings. The van der Waals surface area contributed by atoms with Crippen LogP contribution < -0.4 is 10.6 Å². The lowest BCUT2D eigenvalue weighted by Gasteiger charge is -2.16. The molecule has 0 radical (unpaired) electrons. The minimum absolute atomic E-state index is 0. The fourth-order valence-corrected chi connectivity index (χ4v) is 4.46. The minimum Gasteiger partial charge on any atom is -0.379 e. The molecule has 0 aromatic carbocycles. The van der Waals surface area contributed by atoms with Gasteiger partial charge in [-0.15, -0.1) is 24.0 Å². The van der Waals surface area contributed by atoms with Gasteiger partial charge in [0.15, 0.2) is 5.96 Å². The van der Waals surface area contributed by atoms with Crippen LogP contribution in [0.2, 0.25) is 0 Å². The number of ether oxygens (including phenoxy) is 2. The van der Waals surface area contributed by atoms with Gasteiger partial charge < -0.3 is 20.1 Å². The van der Waals surface area contributed by atoms with Crippen LogP contribution in [0.25, 0.3) is 0 Å². The lowest BCUT2D eigenvalue weighted by Crippen LogP contribution is -2.42. The van der Waals surface area contributed by atoms with Crippen LogP contribution in [0.4, 0.5) is 0 Å². The van der Waals surface area contributed by atoms with E-state index in [1.807, 2.05) is 6.92 Å². The highest BCUT2D eigenvalue weighted by Crippen LogP contribution is 2.12. The molecular weight excluding hydrogens is 471 g/mol. The number of aliphatic imine (C=N–C) groups is 1. The Kier molecular flexibility index (Phi) is 12.0. The number of guanidine groups is 1. The second kappa shape index (κ2) is 13.1. The van der Waals surface area contributed by atoms with Crippen LogP contribution in [-0.2, 0) is 19.5 Å². The molecule has 2 rings (SSSR count). The quantitative estimate of drug-likeness (QED) is 0.198. The number of hydrogen-bond donors (Lipinski definition) is 2. The molecule has 2 saturated heterocycles. The summed E-state index contributed by atoms with van der Waals surface area (Å²) in [6.45, 7) is 7.31. The summed E-state index contributed by atoms with van der Waals surface area (Å²) in [6, 6.07) is 0. The summed E-state index contributed by atoms with van der Waals surface area (Å²) in [5.74, 6) is 0.991. The summed E-state index contributed by atoms with van der Waals surface area (Å²) >= 11 is 0. The van der Waals surface area contributed by atoms with Crippen LogP contribution in [-0.4, -0.2) is 83.1 Å². The highest BCUT2D eigenvalue weighted by atomic mass is 127. The molecule has 0 spiro atoms. The van der Waals surface area contributed by atoms with Gasteiger partial charge in [0.25, 0.3) is 0 Å². The number of halogens is 1. The van der Waals surface area contributed by atoms with Gasteiger partial charge >= 0.3 is 0 Å². The molecule has 1 atom stereocenters. The van der Waals surface area contributed by atoms with Crippen LogP contribution in [0.1, 0.15) is 32.6 Å². The standard InChI is InChI=1S/C16H32N4O4S.HI/c1-2-17-16(19-8-10-20-9-5-13-25(20,21)22)18-7-4-11-23-14-15-6-3-12-24-15;/h15H,2-14H2,1H3,(H2,17,18,19);1H. The fourth-order valence-electron chi connectivity index (χ4n) is 2.93. The number of rotatable bonds is 10. The smallest absolute Gasteiger partial charge is 0.214 e. The second-order valence-corrected chi connectivity index (χ2v) is 8.41. The highest BCUT2D eigenvalue weighted by molar-refractivity contribution is 14.0. The van der Waals surface area contributed by atoms with E-state index < -0.39 is 10.0 Å². The van der Waals surface area contributed by atoms with Crippen molar-refractivity contribution >= 4 is 40.0 Å². The van der Waals surface area contributed by atoms with Gasteiger partial charge in [-0.05, 0) is 32.6 Å². The molecule has 2 heterocycles. The number of hydrogen-bond acceptors (Lipinski definition) is 5. The zero-order valence-corrected chi connectivity index (χ0v) is 18.8. The fraction of sp³-hybridized carbons (Fsp3) is 0.938. The number of nitrogens with zero attached hydrogens (tertiary/aromatic N) is 2.